The fraction of sp³-hybridized carbons (Fsp3) is 0.143. The smallest absolute Gasteiger partial charge is 0.148 e. The zero-order valence-corrected chi connectivity index (χ0v) is 12.7. The molecule has 0 amide bonds. The molecule has 3 aromatic rings. The number of hydrogen-bond donors (Lipinski definition) is 0. The molecule has 2 heteroatoms. The molecule has 1 nitrogen and oxygen atoms in total. The number of ether oxygens (including phenoxy) is 1. The highest BCUT2D eigenvalue weighted by Gasteiger charge is 2.46. The molecule has 3 aromatic carbocycles. The quantitative estimate of drug-likeness (QED) is 0.660. The van der Waals surface area contributed by atoms with Crippen molar-refractivity contribution in [1.29, 1.82) is 0 Å². The lowest BCUT2D eigenvalue weighted by Gasteiger charge is -2.28. The zero-order chi connectivity index (χ0) is 15.7. The second kappa shape index (κ2) is 5.64. The number of fused-ring (bicyclic) bond motifs is 1. The van der Waals surface area contributed by atoms with Crippen LogP contribution in [0.4, 0.5) is 4.39 Å². The van der Waals surface area contributed by atoms with E-state index in [0.29, 0.717) is 0 Å². The second-order valence-electron chi connectivity index (χ2n) is 5.82. The molecule has 2 unspecified atom stereocenters. The first-order chi connectivity index (χ1) is 11.3. The molecule has 0 spiro atoms. The van der Waals surface area contributed by atoms with Crippen LogP contribution >= 0.6 is 0 Å². The molecule has 1 aliphatic rings. The maximum atomic E-state index is 14.3. The number of hydrogen-bond acceptors (Lipinski definition) is 1. The minimum absolute atomic E-state index is 0.247. The molecule has 4 rings (SSSR count). The van der Waals surface area contributed by atoms with E-state index in [1.165, 1.54) is 0 Å². The van der Waals surface area contributed by atoms with Crippen molar-refractivity contribution in [2.24, 2.45) is 0 Å². The maximum absolute atomic E-state index is 14.3. The van der Waals surface area contributed by atoms with Gasteiger partial charge >= 0.3 is 0 Å². The van der Waals surface area contributed by atoms with E-state index >= 15 is 0 Å². The van der Waals surface area contributed by atoms with Gasteiger partial charge in [0, 0.05) is 0 Å². The van der Waals surface area contributed by atoms with E-state index < -0.39 is 12.3 Å². The molecule has 0 fully saturated rings. The Hall–Kier alpha value is -2.45. The fourth-order valence-corrected chi connectivity index (χ4v) is 3.41. The molecule has 23 heavy (non-hydrogen) atoms. The lowest BCUT2D eigenvalue weighted by atomic mass is 9.86. The van der Waals surface area contributed by atoms with Gasteiger partial charge in [-0.15, -0.1) is 0 Å². The van der Waals surface area contributed by atoms with E-state index in [1.807, 2.05) is 84.9 Å². The Kier molecular flexibility index (Phi) is 3.47. The van der Waals surface area contributed by atoms with Crippen LogP contribution in [0.15, 0.2) is 84.9 Å². The first-order valence-corrected chi connectivity index (χ1v) is 7.79. The molecular weight excluding hydrogens is 287 g/mol. The summed E-state index contributed by atoms with van der Waals surface area (Å²) in [6.07, 6.45) is -0.247. The summed E-state index contributed by atoms with van der Waals surface area (Å²) in [5.41, 5.74) is 2.83. The summed E-state index contributed by atoms with van der Waals surface area (Å²) < 4.78 is 20.6. The van der Waals surface area contributed by atoms with Crippen LogP contribution in [-0.2, 0) is 10.3 Å². The fourth-order valence-electron chi connectivity index (χ4n) is 3.41. The van der Waals surface area contributed by atoms with Crippen LogP contribution in [0.5, 0.6) is 0 Å². The van der Waals surface area contributed by atoms with Gasteiger partial charge in [0.1, 0.15) is 18.4 Å². The van der Waals surface area contributed by atoms with Crippen molar-refractivity contribution < 1.29 is 9.13 Å². The molecule has 0 aliphatic carbocycles. The van der Waals surface area contributed by atoms with Crippen LogP contribution in [0, 0.1) is 0 Å². The molecule has 0 bridgehead atoms. The Balaban J connectivity index is 1.91. The van der Waals surface area contributed by atoms with Gasteiger partial charge in [0.15, 0.2) is 0 Å². The number of alkyl halides is 1. The van der Waals surface area contributed by atoms with Gasteiger partial charge in [-0.05, 0) is 22.3 Å². The van der Waals surface area contributed by atoms with Crippen LogP contribution in [0.3, 0.4) is 0 Å². The molecule has 0 aromatic heterocycles. The van der Waals surface area contributed by atoms with Crippen LogP contribution in [0.1, 0.15) is 28.4 Å². The normalized spacial score (nSPS) is 22.7. The van der Waals surface area contributed by atoms with Crippen molar-refractivity contribution in [2.75, 3.05) is 6.67 Å². The second-order valence-corrected chi connectivity index (χ2v) is 5.82. The molecule has 114 valence electrons. The lowest BCUT2D eigenvalue weighted by molar-refractivity contribution is -0.0459. The highest BCUT2D eigenvalue weighted by atomic mass is 19.1. The van der Waals surface area contributed by atoms with Crippen LogP contribution in [0.25, 0.3) is 0 Å². The third-order valence-corrected chi connectivity index (χ3v) is 4.53. The zero-order valence-electron chi connectivity index (χ0n) is 12.7. The van der Waals surface area contributed by atoms with Gasteiger partial charge in [-0.2, -0.15) is 0 Å². The average Bonchev–Trinajstić information content (AvgIpc) is 2.99. The summed E-state index contributed by atoms with van der Waals surface area (Å²) in [6, 6.07) is 27.6. The predicted molar refractivity (Wildman–Crippen MR) is 89.0 cm³/mol. The Labute approximate surface area is 135 Å². The third kappa shape index (κ3) is 2.18. The standard InChI is InChI=1S/C21H17FO/c22-15-21(17-11-5-2-6-12-17)19-14-8-7-13-18(19)20(23-21)16-9-3-1-4-10-16/h1-14,20H,15H2. The van der Waals surface area contributed by atoms with Crippen molar-refractivity contribution in [3.8, 4) is 0 Å². The summed E-state index contributed by atoms with van der Waals surface area (Å²) in [5.74, 6) is 0. The average molecular weight is 304 g/mol. The van der Waals surface area contributed by atoms with Gasteiger partial charge in [-0.3, -0.25) is 0 Å². The van der Waals surface area contributed by atoms with Gasteiger partial charge in [0.25, 0.3) is 0 Å². The SMILES string of the molecule is FCC1(c2ccccc2)OC(c2ccccc2)c2ccccc21. The molecule has 0 radical (unpaired) electrons. The van der Waals surface area contributed by atoms with Gasteiger partial charge in [0.2, 0.25) is 0 Å². The van der Waals surface area contributed by atoms with Crippen molar-refractivity contribution >= 4 is 0 Å². The Morgan fingerprint density at radius 3 is 2.09 bits per heavy atom. The summed E-state index contributed by atoms with van der Waals surface area (Å²) in [5, 5.41) is 0. The number of halogens is 1. The third-order valence-electron chi connectivity index (χ3n) is 4.53. The summed E-state index contributed by atoms with van der Waals surface area (Å²) >= 11 is 0. The maximum Gasteiger partial charge on any atom is 0.148 e. The monoisotopic (exact) mass is 304 g/mol. The lowest BCUT2D eigenvalue weighted by Crippen LogP contribution is -2.30. The summed E-state index contributed by atoms with van der Waals surface area (Å²) in [6.45, 7) is -0.586. The first kappa shape index (κ1) is 14.2. The topological polar surface area (TPSA) is 9.23 Å². The van der Waals surface area contributed by atoms with Gasteiger partial charge in [0.05, 0.1) is 0 Å². The molecule has 1 aliphatic heterocycles. The highest BCUT2D eigenvalue weighted by molar-refractivity contribution is 5.49. The van der Waals surface area contributed by atoms with Crippen LogP contribution < -0.4 is 0 Å². The van der Waals surface area contributed by atoms with Gasteiger partial charge in [-0.25, -0.2) is 4.39 Å². The summed E-state index contributed by atoms with van der Waals surface area (Å²) in [7, 11) is 0. The Bertz CT molecular complexity index is 800. The van der Waals surface area contributed by atoms with Crippen molar-refractivity contribution in [3.05, 3.63) is 107 Å². The van der Waals surface area contributed by atoms with Crippen molar-refractivity contribution in [3.63, 3.8) is 0 Å². The van der Waals surface area contributed by atoms with Gasteiger partial charge < -0.3 is 4.74 Å². The predicted octanol–water partition coefficient (Wildman–Crippen LogP) is 5.02. The van der Waals surface area contributed by atoms with Crippen LogP contribution in [-0.4, -0.2) is 6.67 Å². The minimum Gasteiger partial charge on any atom is -0.350 e. The summed E-state index contributed by atoms with van der Waals surface area (Å²) in [4.78, 5) is 0. The van der Waals surface area contributed by atoms with E-state index in [2.05, 4.69) is 0 Å². The van der Waals surface area contributed by atoms with E-state index in [4.69, 9.17) is 4.74 Å². The van der Waals surface area contributed by atoms with Crippen molar-refractivity contribution in [1.82, 2.24) is 0 Å². The van der Waals surface area contributed by atoms with E-state index in [1.54, 1.807) is 0 Å². The van der Waals surface area contributed by atoms with Crippen LogP contribution in [0.2, 0.25) is 0 Å². The number of rotatable bonds is 3. The Morgan fingerprint density at radius 2 is 1.39 bits per heavy atom. The molecule has 1 heterocycles. The van der Waals surface area contributed by atoms with E-state index in [9.17, 15) is 4.39 Å². The molecule has 0 saturated carbocycles. The first-order valence-electron chi connectivity index (χ1n) is 7.79. The highest BCUT2D eigenvalue weighted by Crippen LogP contribution is 2.49. The van der Waals surface area contributed by atoms with E-state index in [0.717, 1.165) is 22.3 Å². The van der Waals surface area contributed by atoms with Gasteiger partial charge in [-0.1, -0.05) is 84.9 Å². The Morgan fingerprint density at radius 1 is 0.783 bits per heavy atom. The minimum atomic E-state index is -1.03. The number of benzene rings is 3. The molecule has 0 saturated heterocycles. The molecule has 2 atom stereocenters. The van der Waals surface area contributed by atoms with E-state index in [-0.39, 0.29) is 6.10 Å². The molecule has 0 N–H and O–H groups in total. The van der Waals surface area contributed by atoms with Crippen molar-refractivity contribution in [2.45, 2.75) is 11.7 Å². The molecular formula is C21H17FO. The largest absolute Gasteiger partial charge is 0.350 e.